The van der Waals surface area contributed by atoms with Crippen LogP contribution in [0.3, 0.4) is 0 Å². The quantitative estimate of drug-likeness (QED) is 0.727. The minimum absolute atomic E-state index is 0.261. The van der Waals surface area contributed by atoms with Crippen molar-refractivity contribution in [3.8, 4) is 0 Å². The van der Waals surface area contributed by atoms with E-state index in [1.54, 1.807) is 0 Å². The van der Waals surface area contributed by atoms with E-state index in [-0.39, 0.29) is 11.7 Å². The Morgan fingerprint density at radius 2 is 2.36 bits per heavy atom. The van der Waals surface area contributed by atoms with E-state index in [1.165, 1.54) is 24.6 Å². The Kier molecular flexibility index (Phi) is 2.45. The molecule has 0 atom stereocenters. The first-order valence-electron chi connectivity index (χ1n) is 4.49. The molecule has 1 aliphatic rings. The van der Waals surface area contributed by atoms with Crippen molar-refractivity contribution in [2.24, 2.45) is 12.8 Å². The van der Waals surface area contributed by atoms with Gasteiger partial charge in [-0.15, -0.1) is 10.2 Å². The number of carbonyl (C=O) groups is 1. The van der Waals surface area contributed by atoms with Gasteiger partial charge < -0.3 is 10.3 Å². The molecule has 0 unspecified atom stereocenters. The van der Waals surface area contributed by atoms with Crippen molar-refractivity contribution < 1.29 is 4.79 Å². The van der Waals surface area contributed by atoms with Crippen LogP contribution in [-0.4, -0.2) is 26.4 Å². The number of amides is 1. The number of carbonyl (C=O) groups excluding carboxylic acids is 1. The number of hydrogen-bond acceptors (Lipinski definition) is 4. The van der Waals surface area contributed by atoms with Gasteiger partial charge in [-0.2, -0.15) is 0 Å². The third-order valence-corrected chi connectivity index (χ3v) is 3.20. The van der Waals surface area contributed by atoms with E-state index in [0.717, 1.165) is 11.0 Å². The van der Waals surface area contributed by atoms with E-state index in [1.807, 2.05) is 11.6 Å². The van der Waals surface area contributed by atoms with Gasteiger partial charge in [-0.1, -0.05) is 11.8 Å². The molecule has 0 saturated heterocycles. The summed E-state index contributed by atoms with van der Waals surface area (Å²) in [5, 5.41) is 8.88. The maximum atomic E-state index is 10.6. The van der Waals surface area contributed by atoms with Gasteiger partial charge in [0.25, 0.3) is 0 Å². The fourth-order valence-electron chi connectivity index (χ4n) is 1.28. The standard InChI is InChI=1S/C8H12N4OS/c1-12-7(5-2-3-5)10-11-8(12)14-4-6(9)13/h5H,2-4H2,1H3,(H2,9,13). The summed E-state index contributed by atoms with van der Waals surface area (Å²) >= 11 is 1.34. The summed E-state index contributed by atoms with van der Waals surface area (Å²) in [6, 6.07) is 0. The third kappa shape index (κ3) is 1.89. The minimum atomic E-state index is -0.328. The molecule has 1 aromatic heterocycles. The average Bonchev–Trinajstić information content (AvgIpc) is 2.89. The topological polar surface area (TPSA) is 73.8 Å². The number of primary amides is 1. The molecule has 1 heterocycles. The molecule has 76 valence electrons. The summed E-state index contributed by atoms with van der Waals surface area (Å²) in [4.78, 5) is 10.6. The van der Waals surface area contributed by atoms with Crippen LogP contribution in [0.1, 0.15) is 24.6 Å². The molecule has 2 N–H and O–H groups in total. The predicted octanol–water partition coefficient (Wildman–Crippen LogP) is 0.270. The number of hydrogen-bond donors (Lipinski definition) is 1. The second-order valence-corrected chi connectivity index (χ2v) is 4.37. The van der Waals surface area contributed by atoms with Crippen LogP contribution in [0.4, 0.5) is 0 Å². The molecule has 0 aliphatic heterocycles. The lowest BCUT2D eigenvalue weighted by Crippen LogP contribution is -2.13. The molecule has 0 aromatic carbocycles. The van der Waals surface area contributed by atoms with Crippen LogP contribution in [0, 0.1) is 0 Å². The van der Waals surface area contributed by atoms with Crippen LogP contribution in [0.15, 0.2) is 5.16 Å². The Hall–Kier alpha value is -1.04. The summed E-state index contributed by atoms with van der Waals surface area (Å²) in [6.45, 7) is 0. The van der Waals surface area contributed by atoms with E-state index in [2.05, 4.69) is 10.2 Å². The monoisotopic (exact) mass is 212 g/mol. The Balaban J connectivity index is 2.06. The summed E-state index contributed by atoms with van der Waals surface area (Å²) in [6.07, 6.45) is 2.40. The van der Waals surface area contributed by atoms with Crippen LogP contribution in [0.25, 0.3) is 0 Å². The van der Waals surface area contributed by atoms with E-state index in [4.69, 9.17) is 5.73 Å². The van der Waals surface area contributed by atoms with Gasteiger partial charge in [-0.25, -0.2) is 0 Å². The molecule has 14 heavy (non-hydrogen) atoms. The zero-order valence-corrected chi connectivity index (χ0v) is 8.75. The van der Waals surface area contributed by atoms with E-state index < -0.39 is 0 Å². The molecule has 5 nitrogen and oxygen atoms in total. The van der Waals surface area contributed by atoms with Crippen LogP contribution >= 0.6 is 11.8 Å². The van der Waals surface area contributed by atoms with Gasteiger partial charge in [0.05, 0.1) is 5.75 Å². The first-order valence-corrected chi connectivity index (χ1v) is 5.47. The highest BCUT2D eigenvalue weighted by Gasteiger charge is 2.29. The Morgan fingerprint density at radius 1 is 1.64 bits per heavy atom. The molecule has 1 aromatic rings. The number of rotatable bonds is 4. The van der Waals surface area contributed by atoms with Gasteiger partial charge >= 0.3 is 0 Å². The van der Waals surface area contributed by atoms with E-state index in [0.29, 0.717) is 5.92 Å². The third-order valence-electron chi connectivity index (χ3n) is 2.15. The Morgan fingerprint density at radius 3 is 2.93 bits per heavy atom. The van der Waals surface area contributed by atoms with Crippen molar-refractivity contribution >= 4 is 17.7 Å². The van der Waals surface area contributed by atoms with Crippen LogP contribution in [-0.2, 0) is 11.8 Å². The lowest BCUT2D eigenvalue weighted by molar-refractivity contribution is -0.115. The van der Waals surface area contributed by atoms with Crippen molar-refractivity contribution in [1.29, 1.82) is 0 Å². The molecule has 0 radical (unpaired) electrons. The fourth-order valence-corrected chi connectivity index (χ4v) is 1.94. The second kappa shape index (κ2) is 3.61. The smallest absolute Gasteiger partial charge is 0.227 e. The number of nitrogens with two attached hydrogens (primary N) is 1. The molecule has 0 spiro atoms. The average molecular weight is 212 g/mol. The highest BCUT2D eigenvalue weighted by atomic mass is 32.2. The van der Waals surface area contributed by atoms with Gasteiger partial charge in [0.1, 0.15) is 5.82 Å². The number of nitrogens with zero attached hydrogens (tertiary/aromatic N) is 3. The Labute approximate surface area is 86.1 Å². The van der Waals surface area contributed by atoms with Crippen molar-refractivity contribution in [3.05, 3.63) is 5.82 Å². The van der Waals surface area contributed by atoms with Crippen molar-refractivity contribution in [3.63, 3.8) is 0 Å². The van der Waals surface area contributed by atoms with E-state index >= 15 is 0 Å². The van der Waals surface area contributed by atoms with Gasteiger partial charge in [0.2, 0.25) is 5.91 Å². The van der Waals surface area contributed by atoms with Gasteiger partial charge in [-0.05, 0) is 12.8 Å². The minimum Gasteiger partial charge on any atom is -0.369 e. The molecule has 1 amide bonds. The number of aromatic nitrogens is 3. The lowest BCUT2D eigenvalue weighted by Gasteiger charge is -2.00. The SMILES string of the molecule is Cn1c(SCC(N)=O)nnc1C1CC1. The second-order valence-electron chi connectivity index (χ2n) is 3.43. The van der Waals surface area contributed by atoms with Gasteiger partial charge in [0, 0.05) is 13.0 Å². The zero-order chi connectivity index (χ0) is 10.1. The predicted molar refractivity (Wildman–Crippen MR) is 52.9 cm³/mol. The molecule has 1 aliphatic carbocycles. The molecule has 1 saturated carbocycles. The van der Waals surface area contributed by atoms with Crippen LogP contribution in [0.5, 0.6) is 0 Å². The molecular weight excluding hydrogens is 200 g/mol. The molecular formula is C8H12N4OS. The largest absolute Gasteiger partial charge is 0.369 e. The van der Waals surface area contributed by atoms with E-state index in [9.17, 15) is 4.79 Å². The summed E-state index contributed by atoms with van der Waals surface area (Å²) in [7, 11) is 1.93. The van der Waals surface area contributed by atoms with Crippen molar-refractivity contribution in [2.75, 3.05) is 5.75 Å². The zero-order valence-electron chi connectivity index (χ0n) is 7.93. The molecule has 2 rings (SSSR count). The lowest BCUT2D eigenvalue weighted by atomic mass is 10.4. The van der Waals surface area contributed by atoms with Crippen LogP contribution < -0.4 is 5.73 Å². The summed E-state index contributed by atoms with van der Waals surface area (Å²) < 4.78 is 1.95. The highest BCUT2D eigenvalue weighted by molar-refractivity contribution is 7.99. The molecule has 6 heteroatoms. The first-order chi connectivity index (χ1) is 6.68. The molecule has 0 bridgehead atoms. The summed E-state index contributed by atoms with van der Waals surface area (Å²) in [5.74, 6) is 1.54. The molecule has 1 fully saturated rings. The first kappa shape index (κ1) is 9.51. The van der Waals surface area contributed by atoms with Crippen molar-refractivity contribution in [2.45, 2.75) is 23.9 Å². The normalized spacial score (nSPS) is 15.8. The summed E-state index contributed by atoms with van der Waals surface area (Å²) in [5.41, 5.74) is 5.05. The van der Waals surface area contributed by atoms with Gasteiger partial charge in [-0.3, -0.25) is 4.79 Å². The van der Waals surface area contributed by atoms with Crippen LogP contribution in [0.2, 0.25) is 0 Å². The van der Waals surface area contributed by atoms with Crippen molar-refractivity contribution in [1.82, 2.24) is 14.8 Å². The number of thioether (sulfide) groups is 1. The fraction of sp³-hybridized carbons (Fsp3) is 0.625. The highest BCUT2D eigenvalue weighted by Crippen LogP contribution is 2.39. The van der Waals surface area contributed by atoms with Gasteiger partial charge in [0.15, 0.2) is 5.16 Å². The maximum absolute atomic E-state index is 10.6. The Bertz CT molecular complexity index is 358. The maximum Gasteiger partial charge on any atom is 0.227 e.